The number of aryl methyl sites for hydroxylation is 2. The van der Waals surface area contributed by atoms with Crippen molar-refractivity contribution in [3.63, 3.8) is 0 Å². The molecule has 1 heterocycles. The molecule has 0 saturated heterocycles. The summed E-state index contributed by atoms with van der Waals surface area (Å²) in [4.78, 5) is 11.3. The monoisotopic (exact) mass is 274 g/mol. The number of carbonyl (C=O) groups excluding carboxylic acids is 1. The van der Waals surface area contributed by atoms with Crippen molar-refractivity contribution < 1.29 is 9.32 Å². The molecule has 0 aliphatic carbocycles. The Kier molecular flexibility index (Phi) is 3.65. The molecular weight excluding hydrogens is 256 g/mol. The lowest BCUT2D eigenvalue weighted by Crippen LogP contribution is -2.15. The van der Waals surface area contributed by atoms with Crippen LogP contribution in [0, 0.1) is 13.8 Å². The van der Waals surface area contributed by atoms with Crippen LogP contribution in [0.25, 0.3) is 0 Å². The van der Waals surface area contributed by atoms with E-state index in [-0.39, 0.29) is 6.04 Å². The van der Waals surface area contributed by atoms with Crippen LogP contribution in [0.3, 0.4) is 0 Å². The Morgan fingerprint density at radius 3 is 2.65 bits per heavy atom. The van der Waals surface area contributed by atoms with Crippen molar-refractivity contribution in [3.8, 4) is 0 Å². The van der Waals surface area contributed by atoms with Gasteiger partial charge in [0.15, 0.2) is 0 Å². The standard InChI is InChI=1S/C14H18N4O2/c1-7(13-8(2)18-20-9(13)3)17-10-4-5-12(15)11(6-10)14(16)19/h4-7,17H,15H2,1-3H3,(H2,16,19). The molecule has 1 atom stereocenters. The molecule has 6 heteroatoms. The van der Waals surface area contributed by atoms with E-state index in [0.717, 1.165) is 22.7 Å². The number of rotatable bonds is 4. The Balaban J connectivity index is 2.26. The molecule has 2 rings (SSSR count). The summed E-state index contributed by atoms with van der Waals surface area (Å²) in [6, 6.07) is 5.09. The van der Waals surface area contributed by atoms with E-state index >= 15 is 0 Å². The van der Waals surface area contributed by atoms with Crippen LogP contribution in [-0.4, -0.2) is 11.1 Å². The first-order valence-corrected chi connectivity index (χ1v) is 6.28. The Morgan fingerprint density at radius 2 is 2.10 bits per heavy atom. The van der Waals surface area contributed by atoms with Gasteiger partial charge in [0.1, 0.15) is 5.76 Å². The zero-order chi connectivity index (χ0) is 14.9. The van der Waals surface area contributed by atoms with Crippen molar-refractivity contribution >= 4 is 17.3 Å². The van der Waals surface area contributed by atoms with Gasteiger partial charge in [-0.2, -0.15) is 0 Å². The Bertz CT molecular complexity index is 629. The average molecular weight is 274 g/mol. The third kappa shape index (κ3) is 2.59. The van der Waals surface area contributed by atoms with Crippen molar-refractivity contribution in [2.75, 3.05) is 11.1 Å². The molecule has 20 heavy (non-hydrogen) atoms. The molecule has 1 aromatic heterocycles. The minimum Gasteiger partial charge on any atom is -0.398 e. The van der Waals surface area contributed by atoms with Crippen molar-refractivity contribution in [2.24, 2.45) is 5.73 Å². The largest absolute Gasteiger partial charge is 0.398 e. The number of anilines is 2. The molecule has 0 saturated carbocycles. The maximum Gasteiger partial charge on any atom is 0.250 e. The zero-order valence-corrected chi connectivity index (χ0v) is 11.7. The summed E-state index contributed by atoms with van der Waals surface area (Å²) in [6.45, 7) is 5.75. The molecule has 2 aromatic rings. The van der Waals surface area contributed by atoms with Crippen LogP contribution >= 0.6 is 0 Å². The van der Waals surface area contributed by atoms with Gasteiger partial charge in [-0.1, -0.05) is 5.16 Å². The van der Waals surface area contributed by atoms with Gasteiger partial charge in [0.2, 0.25) is 0 Å². The van der Waals surface area contributed by atoms with Gasteiger partial charge in [0.05, 0.1) is 17.3 Å². The van der Waals surface area contributed by atoms with Crippen LogP contribution in [0.4, 0.5) is 11.4 Å². The number of amides is 1. The zero-order valence-electron chi connectivity index (χ0n) is 11.7. The van der Waals surface area contributed by atoms with E-state index in [1.807, 2.05) is 20.8 Å². The number of benzene rings is 1. The fourth-order valence-electron chi connectivity index (χ4n) is 2.29. The van der Waals surface area contributed by atoms with Crippen LogP contribution in [0.2, 0.25) is 0 Å². The van der Waals surface area contributed by atoms with E-state index in [1.54, 1.807) is 18.2 Å². The molecule has 1 aromatic carbocycles. The summed E-state index contributed by atoms with van der Waals surface area (Å²) in [6.07, 6.45) is 0. The molecular formula is C14H18N4O2. The SMILES string of the molecule is Cc1noc(C)c1C(C)Nc1ccc(N)c(C(N)=O)c1. The number of hydrogen-bond donors (Lipinski definition) is 3. The summed E-state index contributed by atoms with van der Waals surface area (Å²) < 4.78 is 5.15. The lowest BCUT2D eigenvalue weighted by molar-refractivity contribution is 0.100. The van der Waals surface area contributed by atoms with E-state index in [9.17, 15) is 4.79 Å². The highest BCUT2D eigenvalue weighted by atomic mass is 16.5. The molecule has 0 bridgehead atoms. The van der Waals surface area contributed by atoms with Gasteiger partial charge in [-0.15, -0.1) is 0 Å². The second-order valence-electron chi connectivity index (χ2n) is 4.77. The predicted octanol–water partition coefficient (Wildman–Crippen LogP) is 2.15. The molecule has 0 aliphatic rings. The van der Waals surface area contributed by atoms with Gasteiger partial charge < -0.3 is 21.3 Å². The summed E-state index contributed by atoms with van der Waals surface area (Å²) >= 11 is 0. The number of primary amides is 1. The molecule has 0 fully saturated rings. The molecule has 106 valence electrons. The van der Waals surface area contributed by atoms with Crippen LogP contribution in [0.1, 0.15) is 40.3 Å². The predicted molar refractivity (Wildman–Crippen MR) is 77.4 cm³/mol. The molecule has 0 aliphatic heterocycles. The van der Waals surface area contributed by atoms with Crippen molar-refractivity contribution in [1.29, 1.82) is 0 Å². The highest BCUT2D eigenvalue weighted by Gasteiger charge is 2.17. The highest BCUT2D eigenvalue weighted by Crippen LogP contribution is 2.26. The van der Waals surface area contributed by atoms with Crippen molar-refractivity contribution in [3.05, 3.63) is 40.8 Å². The van der Waals surface area contributed by atoms with Crippen LogP contribution in [0.5, 0.6) is 0 Å². The molecule has 0 spiro atoms. The van der Waals surface area contributed by atoms with E-state index in [2.05, 4.69) is 10.5 Å². The molecule has 5 N–H and O–H groups in total. The lowest BCUT2D eigenvalue weighted by Gasteiger charge is -2.16. The van der Waals surface area contributed by atoms with Crippen molar-refractivity contribution in [1.82, 2.24) is 5.16 Å². The number of nitrogens with two attached hydrogens (primary N) is 2. The number of hydrogen-bond acceptors (Lipinski definition) is 5. The smallest absolute Gasteiger partial charge is 0.250 e. The Labute approximate surface area is 117 Å². The fraction of sp³-hybridized carbons (Fsp3) is 0.286. The second-order valence-corrected chi connectivity index (χ2v) is 4.77. The van der Waals surface area contributed by atoms with E-state index < -0.39 is 5.91 Å². The van der Waals surface area contributed by atoms with Crippen LogP contribution in [0.15, 0.2) is 22.7 Å². The van der Waals surface area contributed by atoms with E-state index in [1.165, 1.54) is 0 Å². The third-order valence-corrected chi connectivity index (χ3v) is 3.22. The van der Waals surface area contributed by atoms with Gasteiger partial charge in [0.25, 0.3) is 5.91 Å². The third-order valence-electron chi connectivity index (χ3n) is 3.22. The number of nitrogens with one attached hydrogen (secondary N) is 1. The second kappa shape index (κ2) is 5.24. The van der Waals surface area contributed by atoms with Crippen LogP contribution < -0.4 is 16.8 Å². The van der Waals surface area contributed by atoms with Gasteiger partial charge >= 0.3 is 0 Å². The lowest BCUT2D eigenvalue weighted by atomic mass is 10.1. The van der Waals surface area contributed by atoms with E-state index in [4.69, 9.17) is 16.0 Å². The minimum atomic E-state index is -0.545. The topological polar surface area (TPSA) is 107 Å². The van der Waals surface area contributed by atoms with Gasteiger partial charge in [0, 0.05) is 16.9 Å². The molecule has 0 radical (unpaired) electrons. The quantitative estimate of drug-likeness (QED) is 0.740. The van der Waals surface area contributed by atoms with Gasteiger partial charge in [-0.25, -0.2) is 0 Å². The first-order valence-electron chi connectivity index (χ1n) is 6.28. The number of carbonyl (C=O) groups is 1. The fourth-order valence-corrected chi connectivity index (χ4v) is 2.29. The molecule has 1 amide bonds. The molecule has 1 unspecified atom stereocenters. The Morgan fingerprint density at radius 1 is 1.40 bits per heavy atom. The number of nitrogens with zero attached hydrogens (tertiary/aromatic N) is 1. The Hall–Kier alpha value is -2.50. The summed E-state index contributed by atoms with van der Waals surface area (Å²) in [5.74, 6) is 0.226. The number of nitrogen functional groups attached to an aromatic ring is 1. The summed E-state index contributed by atoms with van der Waals surface area (Å²) in [5.41, 5.74) is 14.3. The summed E-state index contributed by atoms with van der Waals surface area (Å²) in [7, 11) is 0. The first-order chi connectivity index (χ1) is 9.40. The van der Waals surface area contributed by atoms with Gasteiger partial charge in [-0.05, 0) is 39.0 Å². The maximum absolute atomic E-state index is 11.3. The molecule has 6 nitrogen and oxygen atoms in total. The summed E-state index contributed by atoms with van der Waals surface area (Å²) in [5, 5.41) is 7.21. The van der Waals surface area contributed by atoms with Crippen LogP contribution in [-0.2, 0) is 0 Å². The number of aromatic nitrogens is 1. The minimum absolute atomic E-state index is 0.00870. The highest BCUT2D eigenvalue weighted by molar-refractivity contribution is 5.98. The van der Waals surface area contributed by atoms with Gasteiger partial charge in [-0.3, -0.25) is 4.79 Å². The van der Waals surface area contributed by atoms with Crippen molar-refractivity contribution in [2.45, 2.75) is 26.8 Å². The maximum atomic E-state index is 11.3. The normalized spacial score (nSPS) is 12.2. The average Bonchev–Trinajstić information content (AvgIpc) is 2.71. The van der Waals surface area contributed by atoms with E-state index in [0.29, 0.717) is 11.3 Å². The first kappa shape index (κ1) is 13.9.